The molecular formula is C21H21ClN4OS. The fraction of sp³-hybridized carbons (Fsp3) is 0.286. The lowest BCUT2D eigenvalue weighted by molar-refractivity contribution is -0.121. The predicted octanol–water partition coefficient (Wildman–Crippen LogP) is 4.74. The van der Waals surface area contributed by atoms with E-state index in [4.69, 9.17) is 11.6 Å². The summed E-state index contributed by atoms with van der Waals surface area (Å²) in [5.41, 5.74) is 1.96. The van der Waals surface area contributed by atoms with Crippen LogP contribution in [0.3, 0.4) is 0 Å². The molecule has 1 amide bonds. The minimum atomic E-state index is 0.148. The molecule has 1 aromatic heterocycles. The van der Waals surface area contributed by atoms with Crippen molar-refractivity contribution in [2.24, 2.45) is 0 Å². The molecule has 2 aromatic carbocycles. The molecule has 1 aliphatic carbocycles. The van der Waals surface area contributed by atoms with Crippen molar-refractivity contribution in [2.45, 2.75) is 36.9 Å². The van der Waals surface area contributed by atoms with Crippen LogP contribution in [0.25, 0.3) is 17.1 Å². The molecule has 4 rings (SSSR count). The number of hydrogen-bond acceptors (Lipinski definition) is 4. The summed E-state index contributed by atoms with van der Waals surface area (Å²) in [6.07, 6.45) is 3.59. The molecule has 3 aromatic rings. The van der Waals surface area contributed by atoms with Gasteiger partial charge in [-0.2, -0.15) is 0 Å². The zero-order chi connectivity index (χ0) is 19.3. The van der Waals surface area contributed by atoms with E-state index in [9.17, 15) is 4.79 Å². The second-order valence-electron chi connectivity index (χ2n) is 6.78. The molecule has 1 aliphatic rings. The summed E-state index contributed by atoms with van der Waals surface area (Å²) in [6, 6.07) is 18.1. The SMILES string of the molecule is O=C(CCCSc1nnc(-c2ccc(Cl)cc2)n1-c1ccccc1)NC1CC1. The van der Waals surface area contributed by atoms with Crippen LogP contribution in [-0.4, -0.2) is 32.5 Å². The Morgan fingerprint density at radius 3 is 2.57 bits per heavy atom. The summed E-state index contributed by atoms with van der Waals surface area (Å²) in [7, 11) is 0. The first-order valence-corrected chi connectivity index (χ1v) is 10.8. The third-order valence-corrected chi connectivity index (χ3v) is 5.74. The van der Waals surface area contributed by atoms with Gasteiger partial charge in [0.1, 0.15) is 0 Å². The average Bonchev–Trinajstić information content (AvgIpc) is 3.42. The van der Waals surface area contributed by atoms with E-state index in [0.717, 1.165) is 47.2 Å². The molecule has 0 atom stereocenters. The van der Waals surface area contributed by atoms with Crippen LogP contribution in [0.2, 0.25) is 5.02 Å². The van der Waals surface area contributed by atoms with E-state index in [2.05, 4.69) is 20.1 Å². The zero-order valence-electron chi connectivity index (χ0n) is 15.3. The van der Waals surface area contributed by atoms with E-state index >= 15 is 0 Å². The van der Waals surface area contributed by atoms with Crippen LogP contribution in [0.4, 0.5) is 0 Å². The van der Waals surface area contributed by atoms with Crippen molar-refractivity contribution >= 4 is 29.3 Å². The molecule has 0 spiro atoms. The normalized spacial score (nSPS) is 13.5. The van der Waals surface area contributed by atoms with Crippen molar-refractivity contribution in [3.05, 3.63) is 59.6 Å². The fourth-order valence-electron chi connectivity index (χ4n) is 2.88. The molecule has 1 heterocycles. The number of hydrogen-bond donors (Lipinski definition) is 1. The van der Waals surface area contributed by atoms with E-state index in [0.29, 0.717) is 17.5 Å². The molecular weight excluding hydrogens is 392 g/mol. The molecule has 1 saturated carbocycles. The average molecular weight is 413 g/mol. The third-order valence-electron chi connectivity index (χ3n) is 4.47. The van der Waals surface area contributed by atoms with Gasteiger partial charge < -0.3 is 5.32 Å². The number of halogens is 1. The zero-order valence-corrected chi connectivity index (χ0v) is 16.9. The molecule has 1 fully saturated rings. The Kier molecular flexibility index (Phi) is 5.98. The second-order valence-corrected chi connectivity index (χ2v) is 8.28. The monoisotopic (exact) mass is 412 g/mol. The highest BCUT2D eigenvalue weighted by Crippen LogP contribution is 2.29. The molecule has 0 radical (unpaired) electrons. The Hall–Kier alpha value is -2.31. The van der Waals surface area contributed by atoms with Crippen LogP contribution in [0, 0.1) is 0 Å². The van der Waals surface area contributed by atoms with Crippen molar-refractivity contribution < 1.29 is 4.79 Å². The number of nitrogens with zero attached hydrogens (tertiary/aromatic N) is 3. The predicted molar refractivity (Wildman–Crippen MR) is 113 cm³/mol. The highest BCUT2D eigenvalue weighted by atomic mass is 35.5. The Bertz CT molecular complexity index is 939. The molecule has 0 unspecified atom stereocenters. The van der Waals surface area contributed by atoms with Crippen LogP contribution in [-0.2, 0) is 4.79 Å². The summed E-state index contributed by atoms with van der Waals surface area (Å²) in [4.78, 5) is 11.8. The van der Waals surface area contributed by atoms with E-state index in [-0.39, 0.29) is 5.91 Å². The lowest BCUT2D eigenvalue weighted by Gasteiger charge is -2.10. The molecule has 0 saturated heterocycles. The highest BCUT2D eigenvalue weighted by Gasteiger charge is 2.23. The molecule has 0 aliphatic heterocycles. The van der Waals surface area contributed by atoms with Gasteiger partial charge in [0.15, 0.2) is 11.0 Å². The van der Waals surface area contributed by atoms with Gasteiger partial charge in [-0.25, -0.2) is 0 Å². The lowest BCUT2D eigenvalue weighted by Crippen LogP contribution is -2.25. The van der Waals surface area contributed by atoms with E-state index < -0.39 is 0 Å². The van der Waals surface area contributed by atoms with Gasteiger partial charge >= 0.3 is 0 Å². The maximum Gasteiger partial charge on any atom is 0.220 e. The minimum absolute atomic E-state index is 0.148. The Balaban J connectivity index is 1.50. The number of rotatable bonds is 8. The number of carbonyl (C=O) groups is 1. The maximum atomic E-state index is 11.8. The quantitative estimate of drug-likeness (QED) is 0.429. The summed E-state index contributed by atoms with van der Waals surface area (Å²) in [5, 5.41) is 13.4. The summed E-state index contributed by atoms with van der Waals surface area (Å²) < 4.78 is 2.05. The van der Waals surface area contributed by atoms with Crippen LogP contribution >= 0.6 is 23.4 Å². The Morgan fingerprint density at radius 2 is 1.86 bits per heavy atom. The Labute approximate surface area is 173 Å². The van der Waals surface area contributed by atoms with Crippen molar-refractivity contribution in [2.75, 3.05) is 5.75 Å². The summed E-state index contributed by atoms with van der Waals surface area (Å²) >= 11 is 7.65. The number of amides is 1. The third kappa shape index (κ3) is 4.75. The van der Waals surface area contributed by atoms with E-state index in [1.807, 2.05) is 54.6 Å². The van der Waals surface area contributed by atoms with Gasteiger partial charge in [-0.05, 0) is 55.7 Å². The standard InChI is InChI=1S/C21H21ClN4OS/c22-16-10-8-15(9-11-16)20-24-25-21(26(20)18-5-2-1-3-6-18)28-14-4-7-19(27)23-17-12-13-17/h1-3,5-6,8-11,17H,4,7,12-14H2,(H,23,27). The molecule has 1 N–H and O–H groups in total. The van der Waals surface area contributed by atoms with E-state index in [1.165, 1.54) is 0 Å². The number of thioether (sulfide) groups is 1. The van der Waals surface area contributed by atoms with Gasteiger partial charge in [0.25, 0.3) is 0 Å². The first-order chi connectivity index (χ1) is 13.7. The van der Waals surface area contributed by atoms with Gasteiger partial charge in [0.05, 0.1) is 0 Å². The smallest absolute Gasteiger partial charge is 0.220 e. The van der Waals surface area contributed by atoms with Crippen LogP contribution < -0.4 is 5.32 Å². The van der Waals surface area contributed by atoms with Crippen LogP contribution in [0.15, 0.2) is 59.8 Å². The highest BCUT2D eigenvalue weighted by molar-refractivity contribution is 7.99. The second kappa shape index (κ2) is 8.80. The van der Waals surface area contributed by atoms with Gasteiger partial charge in [-0.15, -0.1) is 10.2 Å². The first-order valence-electron chi connectivity index (χ1n) is 9.39. The minimum Gasteiger partial charge on any atom is -0.353 e. The Morgan fingerprint density at radius 1 is 1.11 bits per heavy atom. The van der Waals surface area contributed by atoms with Gasteiger partial charge in [0.2, 0.25) is 5.91 Å². The molecule has 5 nitrogen and oxygen atoms in total. The maximum absolute atomic E-state index is 11.8. The fourth-order valence-corrected chi connectivity index (χ4v) is 3.90. The number of nitrogens with one attached hydrogen (secondary N) is 1. The lowest BCUT2D eigenvalue weighted by atomic mass is 10.2. The topological polar surface area (TPSA) is 59.8 Å². The largest absolute Gasteiger partial charge is 0.353 e. The molecule has 7 heteroatoms. The van der Waals surface area contributed by atoms with Crippen LogP contribution in [0.1, 0.15) is 25.7 Å². The van der Waals surface area contributed by atoms with Gasteiger partial charge in [-0.1, -0.05) is 41.6 Å². The first kappa shape index (κ1) is 19.0. The van der Waals surface area contributed by atoms with E-state index in [1.54, 1.807) is 11.8 Å². The summed E-state index contributed by atoms with van der Waals surface area (Å²) in [6.45, 7) is 0. The van der Waals surface area contributed by atoms with Crippen molar-refractivity contribution in [1.82, 2.24) is 20.1 Å². The molecule has 28 heavy (non-hydrogen) atoms. The molecule has 0 bridgehead atoms. The number of carbonyl (C=O) groups excluding carboxylic acids is 1. The van der Waals surface area contributed by atoms with Gasteiger partial charge in [0, 0.05) is 34.5 Å². The van der Waals surface area contributed by atoms with Crippen LogP contribution in [0.5, 0.6) is 0 Å². The van der Waals surface area contributed by atoms with Crippen molar-refractivity contribution in [1.29, 1.82) is 0 Å². The number of benzene rings is 2. The van der Waals surface area contributed by atoms with Gasteiger partial charge in [-0.3, -0.25) is 9.36 Å². The summed E-state index contributed by atoms with van der Waals surface area (Å²) in [5.74, 6) is 1.73. The molecule has 144 valence electrons. The van der Waals surface area contributed by atoms with Crippen molar-refractivity contribution in [3.63, 3.8) is 0 Å². The number of para-hydroxylation sites is 1. The van der Waals surface area contributed by atoms with Crippen molar-refractivity contribution in [3.8, 4) is 17.1 Å². The number of aromatic nitrogens is 3.